The Labute approximate surface area is 123 Å². The van der Waals surface area contributed by atoms with E-state index in [1.165, 1.54) is 18.4 Å². The number of rotatable bonds is 3. The predicted octanol–water partition coefficient (Wildman–Crippen LogP) is 3.59. The van der Waals surface area contributed by atoms with Crippen molar-refractivity contribution in [3.8, 4) is 0 Å². The first kappa shape index (κ1) is 13.0. The van der Waals surface area contributed by atoms with Crippen molar-refractivity contribution in [3.05, 3.63) is 34.3 Å². The number of fused-ring (bicyclic) bond motifs is 1. The number of anilines is 2. The molecule has 0 radical (unpaired) electrons. The van der Waals surface area contributed by atoms with E-state index in [1.807, 2.05) is 30.6 Å². The van der Waals surface area contributed by atoms with Gasteiger partial charge in [0, 0.05) is 10.6 Å². The van der Waals surface area contributed by atoms with Gasteiger partial charge in [-0.05, 0) is 25.1 Å². The maximum atomic E-state index is 11.5. The maximum absolute atomic E-state index is 11.5. The van der Waals surface area contributed by atoms with E-state index in [1.54, 1.807) is 11.3 Å². The molecule has 20 heavy (non-hydrogen) atoms. The summed E-state index contributed by atoms with van der Waals surface area (Å²) in [6, 6.07) is 5.91. The molecule has 5 nitrogen and oxygen atoms in total. The van der Waals surface area contributed by atoms with E-state index in [9.17, 15) is 4.79 Å². The highest BCUT2D eigenvalue weighted by molar-refractivity contribution is 7.17. The van der Waals surface area contributed by atoms with Crippen LogP contribution in [0.3, 0.4) is 0 Å². The van der Waals surface area contributed by atoms with Gasteiger partial charge in [-0.1, -0.05) is 0 Å². The first-order valence-corrected chi connectivity index (χ1v) is 7.53. The van der Waals surface area contributed by atoms with Gasteiger partial charge in [-0.3, -0.25) is 0 Å². The van der Waals surface area contributed by atoms with Gasteiger partial charge in [-0.25, -0.2) is 14.8 Å². The van der Waals surface area contributed by atoms with E-state index < -0.39 is 5.97 Å². The number of nitrogens with zero attached hydrogens (tertiary/aromatic N) is 2. The number of carbonyl (C=O) groups is 1. The molecule has 3 aromatic rings. The fourth-order valence-electron chi connectivity index (χ4n) is 1.79. The Morgan fingerprint density at radius 2 is 2.25 bits per heavy atom. The van der Waals surface area contributed by atoms with Crippen LogP contribution in [-0.4, -0.2) is 23.0 Å². The molecule has 0 amide bonds. The Kier molecular flexibility index (Phi) is 3.37. The fraction of sp³-hybridized carbons (Fsp3) is 0.154. The Balaban J connectivity index is 1.88. The molecule has 0 fully saturated rings. The average molecular weight is 305 g/mol. The van der Waals surface area contributed by atoms with Crippen LogP contribution in [0.1, 0.15) is 15.4 Å². The normalized spacial score (nSPS) is 10.7. The van der Waals surface area contributed by atoms with E-state index in [-0.39, 0.29) is 0 Å². The molecule has 0 aliphatic heterocycles. The number of ether oxygens (including phenoxy) is 1. The summed E-state index contributed by atoms with van der Waals surface area (Å²) in [4.78, 5) is 20.9. The van der Waals surface area contributed by atoms with Crippen LogP contribution in [-0.2, 0) is 4.74 Å². The number of aromatic nitrogens is 2. The standard InChI is InChI=1S/C13H11N3O2S2/c1-7-11(12(17)18-2)16-13(20-7)15-8-3-4-9-10(5-8)19-6-14-9/h3-6H,1-2H3,(H,15,16). The number of carbonyl (C=O) groups excluding carboxylic acids is 1. The number of benzene rings is 1. The van der Waals surface area contributed by atoms with Crippen LogP contribution in [0.2, 0.25) is 0 Å². The third-order valence-corrected chi connectivity index (χ3v) is 4.44. The Hall–Kier alpha value is -1.99. The van der Waals surface area contributed by atoms with Crippen LogP contribution < -0.4 is 5.32 Å². The lowest BCUT2D eigenvalue weighted by Gasteiger charge is -2.01. The van der Waals surface area contributed by atoms with Gasteiger partial charge < -0.3 is 10.1 Å². The van der Waals surface area contributed by atoms with Crippen LogP contribution in [0, 0.1) is 6.92 Å². The quantitative estimate of drug-likeness (QED) is 0.749. The lowest BCUT2D eigenvalue weighted by molar-refractivity contribution is 0.0594. The second kappa shape index (κ2) is 5.18. The van der Waals surface area contributed by atoms with Gasteiger partial charge in [0.1, 0.15) is 0 Å². The number of hydrogen-bond donors (Lipinski definition) is 1. The van der Waals surface area contributed by atoms with Gasteiger partial charge in [-0.2, -0.15) is 0 Å². The Bertz CT molecular complexity index is 779. The van der Waals surface area contributed by atoms with Crippen molar-refractivity contribution in [2.75, 3.05) is 12.4 Å². The van der Waals surface area contributed by atoms with Crippen LogP contribution in [0.4, 0.5) is 10.8 Å². The monoisotopic (exact) mass is 305 g/mol. The van der Waals surface area contributed by atoms with Crippen molar-refractivity contribution < 1.29 is 9.53 Å². The van der Waals surface area contributed by atoms with E-state index >= 15 is 0 Å². The zero-order valence-electron chi connectivity index (χ0n) is 10.8. The van der Waals surface area contributed by atoms with Crippen LogP contribution >= 0.6 is 22.7 Å². The molecule has 0 spiro atoms. The van der Waals surface area contributed by atoms with E-state index in [4.69, 9.17) is 4.74 Å². The molecule has 3 rings (SSSR count). The minimum absolute atomic E-state index is 0.360. The molecule has 2 heterocycles. The molecule has 0 unspecified atom stereocenters. The summed E-state index contributed by atoms with van der Waals surface area (Å²) < 4.78 is 5.81. The topological polar surface area (TPSA) is 64.1 Å². The zero-order valence-corrected chi connectivity index (χ0v) is 12.5. The molecular formula is C13H11N3O2S2. The second-order valence-electron chi connectivity index (χ2n) is 4.08. The minimum Gasteiger partial charge on any atom is -0.464 e. The molecule has 0 aliphatic carbocycles. The Morgan fingerprint density at radius 3 is 3.05 bits per heavy atom. The molecule has 0 saturated carbocycles. The maximum Gasteiger partial charge on any atom is 0.357 e. The summed E-state index contributed by atoms with van der Waals surface area (Å²) in [5.74, 6) is -0.412. The summed E-state index contributed by atoms with van der Waals surface area (Å²) in [7, 11) is 1.35. The fourth-order valence-corrected chi connectivity index (χ4v) is 3.33. The first-order chi connectivity index (χ1) is 9.67. The summed E-state index contributed by atoms with van der Waals surface area (Å²) in [5.41, 5.74) is 4.08. The van der Waals surface area contributed by atoms with Crippen molar-refractivity contribution in [3.63, 3.8) is 0 Å². The highest BCUT2D eigenvalue weighted by Crippen LogP contribution is 2.28. The number of methoxy groups -OCH3 is 1. The lowest BCUT2D eigenvalue weighted by atomic mass is 10.3. The van der Waals surface area contributed by atoms with Gasteiger partial charge in [0.15, 0.2) is 10.8 Å². The average Bonchev–Trinajstić information content (AvgIpc) is 3.04. The summed E-state index contributed by atoms with van der Waals surface area (Å²) in [6.45, 7) is 1.85. The second-order valence-corrected chi connectivity index (χ2v) is 6.16. The van der Waals surface area contributed by atoms with Crippen LogP contribution in [0.15, 0.2) is 23.7 Å². The SMILES string of the molecule is COC(=O)c1nc(Nc2ccc3ncsc3c2)sc1C. The van der Waals surface area contributed by atoms with E-state index in [0.717, 1.165) is 20.8 Å². The van der Waals surface area contributed by atoms with Crippen LogP contribution in [0.25, 0.3) is 10.2 Å². The molecule has 0 saturated heterocycles. The third-order valence-electron chi connectivity index (χ3n) is 2.76. The molecule has 102 valence electrons. The van der Waals surface area contributed by atoms with Crippen molar-refractivity contribution in [1.82, 2.24) is 9.97 Å². The molecule has 2 aromatic heterocycles. The smallest absolute Gasteiger partial charge is 0.357 e. The van der Waals surface area contributed by atoms with Gasteiger partial charge in [-0.15, -0.1) is 22.7 Å². The van der Waals surface area contributed by atoms with Crippen molar-refractivity contribution in [2.45, 2.75) is 6.92 Å². The molecule has 0 bridgehead atoms. The van der Waals surface area contributed by atoms with Crippen LogP contribution in [0.5, 0.6) is 0 Å². The number of thiazole rings is 2. The number of esters is 1. The van der Waals surface area contributed by atoms with Gasteiger partial charge in [0.05, 0.1) is 22.8 Å². The number of nitrogens with one attached hydrogen (secondary N) is 1. The predicted molar refractivity (Wildman–Crippen MR) is 81.1 cm³/mol. The summed E-state index contributed by atoms with van der Waals surface area (Å²) in [5, 5.41) is 3.88. The minimum atomic E-state index is -0.412. The molecule has 0 aliphatic rings. The summed E-state index contributed by atoms with van der Waals surface area (Å²) in [6.07, 6.45) is 0. The summed E-state index contributed by atoms with van der Waals surface area (Å²) >= 11 is 3.01. The Morgan fingerprint density at radius 1 is 1.40 bits per heavy atom. The molecule has 1 N–H and O–H groups in total. The molecular weight excluding hydrogens is 294 g/mol. The van der Waals surface area contributed by atoms with Gasteiger partial charge in [0.2, 0.25) is 0 Å². The molecule has 1 aromatic carbocycles. The number of aryl methyl sites for hydroxylation is 1. The van der Waals surface area contributed by atoms with Crippen molar-refractivity contribution in [1.29, 1.82) is 0 Å². The highest BCUT2D eigenvalue weighted by Gasteiger charge is 2.15. The van der Waals surface area contributed by atoms with E-state index in [0.29, 0.717) is 10.8 Å². The van der Waals surface area contributed by atoms with Crippen molar-refractivity contribution in [2.24, 2.45) is 0 Å². The molecule has 7 heteroatoms. The zero-order chi connectivity index (χ0) is 14.1. The van der Waals surface area contributed by atoms with Crippen molar-refractivity contribution >= 4 is 49.7 Å². The largest absolute Gasteiger partial charge is 0.464 e. The highest BCUT2D eigenvalue weighted by atomic mass is 32.1. The van der Waals surface area contributed by atoms with Gasteiger partial charge >= 0.3 is 5.97 Å². The third kappa shape index (κ3) is 2.37. The first-order valence-electron chi connectivity index (χ1n) is 5.83. The van der Waals surface area contributed by atoms with E-state index in [2.05, 4.69) is 15.3 Å². The van der Waals surface area contributed by atoms with Gasteiger partial charge in [0.25, 0.3) is 0 Å². The lowest BCUT2D eigenvalue weighted by Crippen LogP contribution is -2.03. The molecule has 0 atom stereocenters. The number of hydrogen-bond acceptors (Lipinski definition) is 7.